The maximum atomic E-state index is 12.3. The molecule has 0 spiro atoms. The van der Waals surface area contributed by atoms with Gasteiger partial charge >= 0.3 is 5.97 Å². The van der Waals surface area contributed by atoms with Crippen molar-refractivity contribution in [3.8, 4) is 5.88 Å². The van der Waals surface area contributed by atoms with Crippen LogP contribution in [-0.2, 0) is 0 Å². The monoisotopic (exact) mass is 328 g/mol. The molecule has 2 aromatic rings. The van der Waals surface area contributed by atoms with Crippen LogP contribution < -0.4 is 10.1 Å². The third-order valence-electron chi connectivity index (χ3n) is 3.13. The molecular weight excluding hydrogens is 308 g/mol. The summed E-state index contributed by atoms with van der Waals surface area (Å²) in [5.41, 5.74) is 1.77. The average molecular weight is 328 g/mol. The lowest BCUT2D eigenvalue weighted by atomic mass is 10.2. The number of aryl methyl sites for hydroxylation is 1. The van der Waals surface area contributed by atoms with Crippen molar-refractivity contribution in [2.75, 3.05) is 11.9 Å². The molecule has 0 aliphatic carbocycles. The van der Waals surface area contributed by atoms with Gasteiger partial charge in [-0.25, -0.2) is 9.78 Å². The quantitative estimate of drug-likeness (QED) is 0.848. The van der Waals surface area contributed by atoms with E-state index in [1.165, 1.54) is 24.3 Å². The number of carboxylic acids is 1. The van der Waals surface area contributed by atoms with E-state index < -0.39 is 5.97 Å². The second kappa shape index (κ2) is 7.59. The van der Waals surface area contributed by atoms with E-state index in [-0.39, 0.29) is 17.2 Å². The molecule has 1 amide bonds. The molecule has 0 saturated carbocycles. The summed E-state index contributed by atoms with van der Waals surface area (Å²) in [6.45, 7) is 6.45. The highest BCUT2D eigenvalue weighted by atomic mass is 16.5. The first-order chi connectivity index (χ1) is 11.3. The van der Waals surface area contributed by atoms with Gasteiger partial charge in [0.2, 0.25) is 5.88 Å². The molecule has 6 heteroatoms. The molecule has 0 radical (unpaired) electrons. The zero-order chi connectivity index (χ0) is 17.7. The van der Waals surface area contributed by atoms with E-state index >= 15 is 0 Å². The van der Waals surface area contributed by atoms with Crippen LogP contribution in [0.3, 0.4) is 0 Å². The van der Waals surface area contributed by atoms with Crippen molar-refractivity contribution in [2.45, 2.75) is 20.8 Å². The average Bonchev–Trinajstić information content (AvgIpc) is 2.53. The number of carboxylic acid groups (broad SMARTS) is 1. The maximum Gasteiger partial charge on any atom is 0.335 e. The normalized spacial score (nSPS) is 10.5. The highest BCUT2D eigenvalue weighted by Gasteiger charge is 2.11. The van der Waals surface area contributed by atoms with Gasteiger partial charge in [-0.15, -0.1) is 0 Å². The molecule has 0 aliphatic rings. The Balaban J connectivity index is 2.12. The number of hydrogen-bond donors (Lipinski definition) is 2. The van der Waals surface area contributed by atoms with E-state index in [1.54, 1.807) is 12.1 Å². The van der Waals surface area contributed by atoms with Crippen LogP contribution in [0.15, 0.2) is 36.4 Å². The SMILES string of the molecule is Cc1cc(OCC(C)C)nc(C(=O)Nc2ccc(C(=O)O)cc2)c1. The number of rotatable bonds is 6. The fourth-order valence-corrected chi connectivity index (χ4v) is 1.97. The first-order valence-electron chi connectivity index (χ1n) is 7.61. The van der Waals surface area contributed by atoms with Crippen molar-refractivity contribution >= 4 is 17.6 Å². The van der Waals surface area contributed by atoms with Gasteiger partial charge in [-0.3, -0.25) is 4.79 Å². The fraction of sp³-hybridized carbons (Fsp3) is 0.278. The molecule has 0 saturated heterocycles. The summed E-state index contributed by atoms with van der Waals surface area (Å²) >= 11 is 0. The minimum Gasteiger partial charge on any atom is -0.478 e. The molecule has 1 aromatic carbocycles. The molecule has 0 fully saturated rings. The third kappa shape index (κ3) is 4.81. The Morgan fingerprint density at radius 1 is 1.21 bits per heavy atom. The van der Waals surface area contributed by atoms with E-state index in [9.17, 15) is 9.59 Å². The molecule has 2 rings (SSSR count). The number of pyridine rings is 1. The van der Waals surface area contributed by atoms with Crippen molar-refractivity contribution in [1.82, 2.24) is 4.98 Å². The number of carbonyl (C=O) groups excluding carboxylic acids is 1. The van der Waals surface area contributed by atoms with Gasteiger partial charge in [0.25, 0.3) is 5.91 Å². The van der Waals surface area contributed by atoms with Crippen molar-refractivity contribution < 1.29 is 19.4 Å². The van der Waals surface area contributed by atoms with Crippen LogP contribution in [0.5, 0.6) is 5.88 Å². The first-order valence-corrected chi connectivity index (χ1v) is 7.61. The van der Waals surface area contributed by atoms with Crippen LogP contribution in [-0.4, -0.2) is 28.6 Å². The second-order valence-corrected chi connectivity index (χ2v) is 5.91. The Labute approximate surface area is 140 Å². The van der Waals surface area contributed by atoms with Gasteiger partial charge < -0.3 is 15.2 Å². The van der Waals surface area contributed by atoms with Crippen LogP contribution in [0.4, 0.5) is 5.69 Å². The third-order valence-corrected chi connectivity index (χ3v) is 3.13. The minimum atomic E-state index is -1.01. The Bertz CT molecular complexity index is 739. The molecule has 6 nitrogen and oxygen atoms in total. The van der Waals surface area contributed by atoms with Gasteiger partial charge in [0.1, 0.15) is 5.69 Å². The lowest BCUT2D eigenvalue weighted by Crippen LogP contribution is -2.15. The van der Waals surface area contributed by atoms with Gasteiger partial charge in [0.15, 0.2) is 0 Å². The van der Waals surface area contributed by atoms with Crippen molar-refractivity contribution in [1.29, 1.82) is 0 Å². The number of ether oxygens (including phenoxy) is 1. The summed E-state index contributed by atoms with van der Waals surface area (Å²) in [6, 6.07) is 9.38. The van der Waals surface area contributed by atoms with Crippen LogP contribution in [0.2, 0.25) is 0 Å². The Hall–Kier alpha value is -2.89. The predicted octanol–water partition coefficient (Wildman–Crippen LogP) is 3.38. The summed E-state index contributed by atoms with van der Waals surface area (Å²) in [5, 5.41) is 11.6. The zero-order valence-electron chi connectivity index (χ0n) is 13.9. The van der Waals surface area contributed by atoms with Crippen molar-refractivity contribution in [3.05, 3.63) is 53.2 Å². The van der Waals surface area contributed by atoms with Gasteiger partial charge in [-0.1, -0.05) is 13.8 Å². The minimum absolute atomic E-state index is 0.158. The van der Waals surface area contributed by atoms with Gasteiger partial charge in [0, 0.05) is 11.8 Å². The number of carbonyl (C=O) groups is 2. The van der Waals surface area contributed by atoms with E-state index in [1.807, 2.05) is 20.8 Å². The van der Waals surface area contributed by atoms with Crippen LogP contribution in [0.25, 0.3) is 0 Å². The van der Waals surface area contributed by atoms with E-state index in [4.69, 9.17) is 9.84 Å². The molecule has 1 aromatic heterocycles. The number of aromatic nitrogens is 1. The fourth-order valence-electron chi connectivity index (χ4n) is 1.97. The Kier molecular flexibility index (Phi) is 5.52. The lowest BCUT2D eigenvalue weighted by Gasteiger charge is -2.10. The van der Waals surface area contributed by atoms with E-state index in [0.717, 1.165) is 5.56 Å². The lowest BCUT2D eigenvalue weighted by molar-refractivity contribution is 0.0696. The summed E-state index contributed by atoms with van der Waals surface area (Å²) in [5.74, 6) is -0.622. The number of amides is 1. The molecule has 0 unspecified atom stereocenters. The van der Waals surface area contributed by atoms with Gasteiger partial charge in [-0.2, -0.15) is 0 Å². The molecular formula is C18H20N2O4. The summed E-state index contributed by atoms with van der Waals surface area (Å²) < 4.78 is 5.57. The number of nitrogens with one attached hydrogen (secondary N) is 1. The summed E-state index contributed by atoms with van der Waals surface area (Å²) in [4.78, 5) is 27.4. The number of benzene rings is 1. The van der Waals surface area contributed by atoms with Gasteiger partial charge in [-0.05, 0) is 48.7 Å². The van der Waals surface area contributed by atoms with Gasteiger partial charge in [0.05, 0.1) is 12.2 Å². The van der Waals surface area contributed by atoms with Crippen LogP contribution in [0, 0.1) is 12.8 Å². The highest BCUT2D eigenvalue weighted by Crippen LogP contribution is 2.15. The largest absolute Gasteiger partial charge is 0.478 e. The number of hydrogen-bond acceptors (Lipinski definition) is 4. The van der Waals surface area contributed by atoms with Crippen molar-refractivity contribution in [3.63, 3.8) is 0 Å². The smallest absolute Gasteiger partial charge is 0.335 e. The van der Waals surface area contributed by atoms with E-state index in [2.05, 4.69) is 10.3 Å². The molecule has 0 atom stereocenters. The standard InChI is InChI=1S/C18H20N2O4/c1-11(2)10-24-16-9-12(3)8-15(20-16)17(21)19-14-6-4-13(5-7-14)18(22)23/h4-9,11H,10H2,1-3H3,(H,19,21)(H,22,23). The predicted molar refractivity (Wildman–Crippen MR) is 90.7 cm³/mol. The van der Waals surface area contributed by atoms with Crippen molar-refractivity contribution in [2.24, 2.45) is 5.92 Å². The Morgan fingerprint density at radius 3 is 2.46 bits per heavy atom. The molecule has 0 bridgehead atoms. The molecule has 24 heavy (non-hydrogen) atoms. The van der Waals surface area contributed by atoms with Crippen LogP contribution in [0.1, 0.15) is 40.3 Å². The summed E-state index contributed by atoms with van der Waals surface area (Å²) in [7, 11) is 0. The number of anilines is 1. The maximum absolute atomic E-state index is 12.3. The molecule has 126 valence electrons. The Morgan fingerprint density at radius 2 is 1.88 bits per heavy atom. The number of nitrogens with zero attached hydrogens (tertiary/aromatic N) is 1. The molecule has 2 N–H and O–H groups in total. The second-order valence-electron chi connectivity index (χ2n) is 5.91. The molecule has 1 heterocycles. The summed E-state index contributed by atoms with van der Waals surface area (Å²) in [6.07, 6.45) is 0. The van der Waals surface area contributed by atoms with Crippen LogP contribution >= 0.6 is 0 Å². The number of aromatic carboxylic acids is 1. The highest BCUT2D eigenvalue weighted by molar-refractivity contribution is 6.03. The topological polar surface area (TPSA) is 88.5 Å². The van der Waals surface area contributed by atoms with E-state index in [0.29, 0.717) is 24.1 Å². The molecule has 0 aliphatic heterocycles. The zero-order valence-corrected chi connectivity index (χ0v) is 13.9. The first kappa shape index (κ1) is 17.5.